The largest absolute Gasteiger partial charge is 0.396 e. The van der Waals surface area contributed by atoms with Crippen molar-refractivity contribution in [2.24, 2.45) is 22.7 Å². The first-order valence-corrected chi connectivity index (χ1v) is 7.17. The summed E-state index contributed by atoms with van der Waals surface area (Å²) in [6.45, 7) is 8.35. The molecule has 0 aromatic rings. The van der Waals surface area contributed by atoms with Crippen LogP contribution in [-0.4, -0.2) is 33.6 Å². The molecule has 3 N–H and O–H groups in total. The van der Waals surface area contributed by atoms with Crippen molar-refractivity contribution in [3.8, 4) is 0 Å². The summed E-state index contributed by atoms with van der Waals surface area (Å²) in [6, 6.07) is 0. The van der Waals surface area contributed by atoms with Crippen molar-refractivity contribution in [1.82, 2.24) is 0 Å². The van der Waals surface area contributed by atoms with Crippen molar-refractivity contribution in [3.05, 3.63) is 0 Å². The molecule has 2 aliphatic rings. The van der Waals surface area contributed by atoms with E-state index in [9.17, 15) is 15.3 Å². The smallest absolute Gasteiger partial charge is 0.0932 e. The third kappa shape index (κ3) is 1.83. The van der Waals surface area contributed by atoms with Gasteiger partial charge in [0.2, 0.25) is 0 Å². The molecule has 2 aliphatic carbocycles. The molecule has 2 rings (SSSR count). The van der Waals surface area contributed by atoms with Crippen LogP contribution in [0.4, 0.5) is 0 Å². The van der Waals surface area contributed by atoms with E-state index in [-0.39, 0.29) is 23.4 Å². The van der Waals surface area contributed by atoms with Gasteiger partial charge in [-0.1, -0.05) is 27.2 Å². The SMILES string of the molecule is CC1(C)CCCC2(C)C1CC(O)C(C)(O)C2CO. The Morgan fingerprint density at radius 1 is 1.11 bits per heavy atom. The van der Waals surface area contributed by atoms with Crippen LogP contribution in [0.3, 0.4) is 0 Å². The minimum atomic E-state index is -1.17. The first-order valence-electron chi connectivity index (χ1n) is 7.17. The van der Waals surface area contributed by atoms with Crippen LogP contribution in [0.25, 0.3) is 0 Å². The first kappa shape index (κ1) is 14.3. The average molecular weight is 256 g/mol. The Morgan fingerprint density at radius 2 is 1.72 bits per heavy atom. The monoisotopic (exact) mass is 256 g/mol. The third-order valence-corrected chi connectivity index (χ3v) is 6.09. The molecule has 3 heteroatoms. The van der Waals surface area contributed by atoms with Crippen molar-refractivity contribution in [3.63, 3.8) is 0 Å². The molecule has 5 atom stereocenters. The topological polar surface area (TPSA) is 60.7 Å². The van der Waals surface area contributed by atoms with E-state index in [1.54, 1.807) is 6.92 Å². The van der Waals surface area contributed by atoms with E-state index < -0.39 is 11.7 Å². The molecular weight excluding hydrogens is 228 g/mol. The lowest BCUT2D eigenvalue weighted by Crippen LogP contribution is -2.64. The van der Waals surface area contributed by atoms with E-state index in [0.29, 0.717) is 12.3 Å². The number of fused-ring (bicyclic) bond motifs is 1. The lowest BCUT2D eigenvalue weighted by molar-refractivity contribution is -0.227. The molecule has 0 saturated heterocycles. The fourth-order valence-electron chi connectivity index (χ4n) is 4.93. The molecule has 2 saturated carbocycles. The summed E-state index contributed by atoms with van der Waals surface area (Å²) in [7, 11) is 0. The Hall–Kier alpha value is -0.120. The number of hydrogen-bond donors (Lipinski definition) is 3. The second-order valence-corrected chi connectivity index (χ2v) is 7.61. The van der Waals surface area contributed by atoms with Gasteiger partial charge in [-0.05, 0) is 42.9 Å². The summed E-state index contributed by atoms with van der Waals surface area (Å²) in [5.41, 5.74) is -1.06. The predicted octanol–water partition coefficient (Wildman–Crippen LogP) is 1.94. The zero-order valence-electron chi connectivity index (χ0n) is 12.1. The molecule has 0 amide bonds. The highest BCUT2D eigenvalue weighted by Gasteiger charge is 2.60. The van der Waals surface area contributed by atoms with Crippen LogP contribution in [0.2, 0.25) is 0 Å². The minimum Gasteiger partial charge on any atom is -0.396 e. The van der Waals surface area contributed by atoms with Gasteiger partial charge in [-0.15, -0.1) is 0 Å². The summed E-state index contributed by atoms with van der Waals surface area (Å²) >= 11 is 0. The summed E-state index contributed by atoms with van der Waals surface area (Å²) in [5.74, 6) is 0.129. The van der Waals surface area contributed by atoms with Gasteiger partial charge in [-0.3, -0.25) is 0 Å². The van der Waals surface area contributed by atoms with Crippen LogP contribution in [0.15, 0.2) is 0 Å². The molecule has 18 heavy (non-hydrogen) atoms. The molecule has 2 fully saturated rings. The van der Waals surface area contributed by atoms with Crippen molar-refractivity contribution in [1.29, 1.82) is 0 Å². The highest BCUT2D eigenvalue weighted by molar-refractivity contribution is 5.10. The molecule has 106 valence electrons. The summed E-state index contributed by atoms with van der Waals surface area (Å²) < 4.78 is 0. The molecule has 0 aromatic carbocycles. The van der Waals surface area contributed by atoms with E-state index in [4.69, 9.17) is 0 Å². The Morgan fingerprint density at radius 3 is 2.28 bits per heavy atom. The normalized spacial score (nSPS) is 51.8. The second-order valence-electron chi connectivity index (χ2n) is 7.61. The molecule has 3 nitrogen and oxygen atoms in total. The molecule has 0 heterocycles. The minimum absolute atomic E-state index is 0.0485. The third-order valence-electron chi connectivity index (χ3n) is 6.09. The Kier molecular flexibility index (Phi) is 3.33. The highest BCUT2D eigenvalue weighted by Crippen LogP contribution is 2.61. The number of hydrogen-bond acceptors (Lipinski definition) is 3. The van der Waals surface area contributed by atoms with Gasteiger partial charge in [0.05, 0.1) is 11.7 Å². The number of aliphatic hydroxyl groups excluding tert-OH is 2. The number of rotatable bonds is 1. The van der Waals surface area contributed by atoms with Gasteiger partial charge in [-0.25, -0.2) is 0 Å². The zero-order valence-corrected chi connectivity index (χ0v) is 12.1. The predicted molar refractivity (Wildman–Crippen MR) is 71.1 cm³/mol. The van der Waals surface area contributed by atoms with E-state index in [1.807, 2.05) is 0 Å². The van der Waals surface area contributed by atoms with E-state index in [0.717, 1.165) is 12.8 Å². The molecule has 0 aromatic heterocycles. The molecular formula is C15H28O3. The quantitative estimate of drug-likeness (QED) is 0.672. The zero-order chi connectivity index (χ0) is 13.8. The number of aliphatic hydroxyl groups is 3. The Balaban J connectivity index is 2.43. The van der Waals surface area contributed by atoms with Gasteiger partial charge < -0.3 is 15.3 Å². The molecule has 0 spiro atoms. The first-order chi connectivity index (χ1) is 8.16. The summed E-state index contributed by atoms with van der Waals surface area (Å²) in [6.07, 6.45) is 3.26. The maximum Gasteiger partial charge on any atom is 0.0932 e. The summed E-state index contributed by atoms with van der Waals surface area (Å²) in [5, 5.41) is 30.6. The molecule has 0 radical (unpaired) electrons. The van der Waals surface area contributed by atoms with Crippen LogP contribution in [-0.2, 0) is 0 Å². The lowest BCUT2D eigenvalue weighted by Gasteiger charge is -2.62. The van der Waals surface area contributed by atoms with Gasteiger partial charge in [0, 0.05) is 12.5 Å². The molecule has 5 unspecified atom stereocenters. The lowest BCUT2D eigenvalue weighted by atomic mass is 9.45. The van der Waals surface area contributed by atoms with E-state index in [2.05, 4.69) is 20.8 Å². The van der Waals surface area contributed by atoms with Crippen molar-refractivity contribution in [2.45, 2.75) is 65.1 Å². The van der Waals surface area contributed by atoms with Crippen LogP contribution in [0, 0.1) is 22.7 Å². The standard InChI is InChI=1S/C15H28O3/c1-13(2)6-5-7-14(3)10(13)8-12(17)15(4,18)11(14)9-16/h10-12,16-18H,5-9H2,1-4H3. The summed E-state index contributed by atoms with van der Waals surface area (Å²) in [4.78, 5) is 0. The van der Waals surface area contributed by atoms with Crippen molar-refractivity contribution in [2.75, 3.05) is 6.61 Å². The van der Waals surface area contributed by atoms with Crippen LogP contribution in [0.5, 0.6) is 0 Å². The molecule has 0 bridgehead atoms. The maximum absolute atomic E-state index is 10.6. The van der Waals surface area contributed by atoms with Gasteiger partial charge >= 0.3 is 0 Å². The van der Waals surface area contributed by atoms with Crippen molar-refractivity contribution >= 4 is 0 Å². The highest BCUT2D eigenvalue weighted by atomic mass is 16.3. The Labute approximate surface area is 110 Å². The van der Waals surface area contributed by atoms with Gasteiger partial charge in [0.15, 0.2) is 0 Å². The van der Waals surface area contributed by atoms with Crippen LogP contribution in [0.1, 0.15) is 53.4 Å². The average Bonchev–Trinajstić information content (AvgIpc) is 2.22. The van der Waals surface area contributed by atoms with Gasteiger partial charge in [-0.2, -0.15) is 0 Å². The van der Waals surface area contributed by atoms with Crippen molar-refractivity contribution < 1.29 is 15.3 Å². The van der Waals surface area contributed by atoms with Crippen LogP contribution < -0.4 is 0 Å². The second kappa shape index (κ2) is 4.19. The fraction of sp³-hybridized carbons (Fsp3) is 1.00. The molecule has 0 aliphatic heterocycles. The fourth-order valence-corrected chi connectivity index (χ4v) is 4.93. The maximum atomic E-state index is 10.6. The van der Waals surface area contributed by atoms with Crippen LogP contribution >= 0.6 is 0 Å². The Bertz CT molecular complexity index is 320. The van der Waals surface area contributed by atoms with E-state index >= 15 is 0 Å². The van der Waals surface area contributed by atoms with Gasteiger partial charge in [0.1, 0.15) is 0 Å². The van der Waals surface area contributed by atoms with Gasteiger partial charge in [0.25, 0.3) is 0 Å². The van der Waals surface area contributed by atoms with E-state index in [1.165, 1.54) is 6.42 Å².